The zero-order valence-electron chi connectivity index (χ0n) is 8.70. The number of rotatable bonds is 1. The van der Waals surface area contributed by atoms with Crippen LogP contribution < -0.4 is 5.73 Å². The molecule has 2 aromatic rings. The van der Waals surface area contributed by atoms with Gasteiger partial charge in [0, 0.05) is 17.4 Å². The van der Waals surface area contributed by atoms with Crippen molar-refractivity contribution in [1.29, 1.82) is 0 Å². The Balaban J connectivity index is 2.36. The smallest absolute Gasteiger partial charge is 0.399 e. The summed E-state index contributed by atoms with van der Waals surface area (Å²) in [4.78, 5) is 4.04. The predicted octanol–water partition coefficient (Wildman–Crippen LogP) is 3.35. The minimum atomic E-state index is -4.32. The van der Waals surface area contributed by atoms with Gasteiger partial charge in [0.2, 0.25) is 0 Å². The van der Waals surface area contributed by atoms with Crippen molar-refractivity contribution >= 4 is 5.69 Å². The largest absolute Gasteiger partial charge is 0.416 e. The zero-order chi connectivity index (χ0) is 12.5. The number of nitrogens with two attached hydrogens (primary N) is 1. The van der Waals surface area contributed by atoms with E-state index in [0.717, 1.165) is 12.1 Å². The van der Waals surface area contributed by atoms with E-state index in [9.17, 15) is 13.2 Å². The third-order valence-corrected chi connectivity index (χ3v) is 2.29. The van der Waals surface area contributed by atoms with Crippen molar-refractivity contribution in [2.24, 2.45) is 0 Å². The Kier molecular flexibility index (Phi) is 2.75. The molecule has 1 aromatic carbocycles. The van der Waals surface area contributed by atoms with Gasteiger partial charge in [0.05, 0.1) is 11.3 Å². The molecule has 5 heteroatoms. The molecule has 2 rings (SSSR count). The van der Waals surface area contributed by atoms with Gasteiger partial charge >= 0.3 is 6.18 Å². The molecule has 0 radical (unpaired) electrons. The molecule has 2 nitrogen and oxygen atoms in total. The average molecular weight is 238 g/mol. The van der Waals surface area contributed by atoms with Gasteiger partial charge in [0.15, 0.2) is 0 Å². The molecule has 1 heterocycles. The molecular formula is C12H9F3N2. The SMILES string of the molecule is Nc1ccnc(-c2ccc(C(F)(F)F)cc2)c1. The Labute approximate surface area is 95.9 Å². The number of pyridine rings is 1. The highest BCUT2D eigenvalue weighted by atomic mass is 19.4. The van der Waals surface area contributed by atoms with Crippen LogP contribution in [-0.2, 0) is 6.18 Å². The van der Waals surface area contributed by atoms with Crippen LogP contribution in [0.2, 0.25) is 0 Å². The number of benzene rings is 1. The third kappa shape index (κ3) is 2.55. The van der Waals surface area contributed by atoms with Crippen LogP contribution in [0.3, 0.4) is 0 Å². The van der Waals surface area contributed by atoms with Gasteiger partial charge < -0.3 is 5.73 Å². The van der Waals surface area contributed by atoms with E-state index in [1.165, 1.54) is 18.3 Å². The first-order valence-electron chi connectivity index (χ1n) is 4.86. The molecule has 0 spiro atoms. The quantitative estimate of drug-likeness (QED) is 0.827. The van der Waals surface area contributed by atoms with Gasteiger partial charge in [0.25, 0.3) is 0 Å². The number of nitrogens with zero attached hydrogens (tertiary/aromatic N) is 1. The Morgan fingerprint density at radius 2 is 1.65 bits per heavy atom. The van der Waals surface area contributed by atoms with E-state index < -0.39 is 11.7 Å². The third-order valence-electron chi connectivity index (χ3n) is 2.29. The number of nitrogen functional groups attached to an aromatic ring is 1. The highest BCUT2D eigenvalue weighted by Crippen LogP contribution is 2.30. The van der Waals surface area contributed by atoms with Gasteiger partial charge in [-0.1, -0.05) is 12.1 Å². The second kappa shape index (κ2) is 4.08. The van der Waals surface area contributed by atoms with Crippen molar-refractivity contribution in [2.75, 3.05) is 5.73 Å². The molecular weight excluding hydrogens is 229 g/mol. The molecule has 17 heavy (non-hydrogen) atoms. The van der Waals surface area contributed by atoms with Crippen LogP contribution in [0, 0.1) is 0 Å². The molecule has 1 aromatic heterocycles. The van der Waals surface area contributed by atoms with Crippen molar-refractivity contribution in [1.82, 2.24) is 4.98 Å². The standard InChI is InChI=1S/C12H9F3N2/c13-12(14,15)9-3-1-8(2-4-9)11-7-10(16)5-6-17-11/h1-7H,(H2,16,17). The van der Waals surface area contributed by atoms with Crippen molar-refractivity contribution < 1.29 is 13.2 Å². The number of alkyl halides is 3. The van der Waals surface area contributed by atoms with E-state index in [0.29, 0.717) is 16.9 Å². The van der Waals surface area contributed by atoms with Gasteiger partial charge in [0.1, 0.15) is 0 Å². The second-order valence-corrected chi connectivity index (χ2v) is 3.55. The van der Waals surface area contributed by atoms with Crippen LogP contribution >= 0.6 is 0 Å². The van der Waals surface area contributed by atoms with Crippen LogP contribution in [0.25, 0.3) is 11.3 Å². The normalized spacial score (nSPS) is 11.5. The van der Waals surface area contributed by atoms with Crippen molar-refractivity contribution in [3.63, 3.8) is 0 Å². The summed E-state index contributed by atoms with van der Waals surface area (Å²) >= 11 is 0. The number of hydrogen-bond acceptors (Lipinski definition) is 2. The van der Waals surface area contributed by atoms with Crippen molar-refractivity contribution in [2.45, 2.75) is 6.18 Å². The molecule has 88 valence electrons. The molecule has 0 bridgehead atoms. The van der Waals surface area contributed by atoms with Crippen LogP contribution in [0.4, 0.5) is 18.9 Å². The Morgan fingerprint density at radius 3 is 2.18 bits per heavy atom. The van der Waals surface area contributed by atoms with Crippen molar-refractivity contribution in [3.8, 4) is 11.3 Å². The minimum absolute atomic E-state index is 0.523. The van der Waals surface area contributed by atoms with E-state index in [2.05, 4.69) is 4.98 Å². The summed E-state index contributed by atoms with van der Waals surface area (Å²) in [5.74, 6) is 0. The first-order chi connectivity index (χ1) is 7.97. The summed E-state index contributed by atoms with van der Waals surface area (Å²) in [6, 6.07) is 8.05. The van der Waals surface area contributed by atoms with Crippen LogP contribution in [-0.4, -0.2) is 4.98 Å². The number of anilines is 1. The molecule has 2 N–H and O–H groups in total. The van der Waals surface area contributed by atoms with E-state index in [1.54, 1.807) is 12.1 Å². The molecule has 0 saturated carbocycles. The summed E-state index contributed by atoms with van der Waals surface area (Å²) in [5.41, 5.74) is 6.58. The van der Waals surface area contributed by atoms with Gasteiger partial charge in [-0.3, -0.25) is 4.98 Å². The van der Waals surface area contributed by atoms with Gasteiger partial charge in [-0.25, -0.2) is 0 Å². The molecule has 0 unspecified atom stereocenters. The van der Waals surface area contributed by atoms with E-state index in [4.69, 9.17) is 5.73 Å². The summed E-state index contributed by atoms with van der Waals surface area (Å²) in [5, 5.41) is 0. The van der Waals surface area contributed by atoms with Crippen molar-refractivity contribution in [3.05, 3.63) is 48.2 Å². The molecule has 0 aliphatic rings. The monoisotopic (exact) mass is 238 g/mol. The fourth-order valence-electron chi connectivity index (χ4n) is 1.43. The van der Waals surface area contributed by atoms with Crippen LogP contribution in [0.5, 0.6) is 0 Å². The lowest BCUT2D eigenvalue weighted by Gasteiger charge is -2.07. The molecule has 0 fully saturated rings. The summed E-state index contributed by atoms with van der Waals surface area (Å²) < 4.78 is 37.1. The minimum Gasteiger partial charge on any atom is -0.399 e. The first-order valence-corrected chi connectivity index (χ1v) is 4.86. The zero-order valence-corrected chi connectivity index (χ0v) is 8.70. The maximum Gasteiger partial charge on any atom is 0.416 e. The molecule has 0 atom stereocenters. The first kappa shape index (κ1) is 11.4. The van der Waals surface area contributed by atoms with Crippen LogP contribution in [0.15, 0.2) is 42.6 Å². The van der Waals surface area contributed by atoms with Gasteiger partial charge in [-0.15, -0.1) is 0 Å². The average Bonchev–Trinajstić information content (AvgIpc) is 2.28. The Morgan fingerprint density at radius 1 is 1.00 bits per heavy atom. The highest BCUT2D eigenvalue weighted by molar-refractivity contribution is 5.63. The lowest BCUT2D eigenvalue weighted by Crippen LogP contribution is -2.04. The highest BCUT2D eigenvalue weighted by Gasteiger charge is 2.29. The molecule has 0 amide bonds. The number of halogens is 3. The van der Waals surface area contributed by atoms with E-state index in [-0.39, 0.29) is 0 Å². The molecule has 0 aliphatic carbocycles. The molecule has 0 aliphatic heterocycles. The fourth-order valence-corrected chi connectivity index (χ4v) is 1.43. The van der Waals surface area contributed by atoms with Gasteiger partial charge in [-0.05, 0) is 24.3 Å². The lowest BCUT2D eigenvalue weighted by atomic mass is 10.1. The fraction of sp³-hybridized carbons (Fsp3) is 0.0833. The Hall–Kier alpha value is -2.04. The summed E-state index contributed by atoms with van der Waals surface area (Å²) in [6.07, 6.45) is -2.80. The second-order valence-electron chi connectivity index (χ2n) is 3.55. The van der Waals surface area contributed by atoms with Gasteiger partial charge in [-0.2, -0.15) is 13.2 Å². The maximum absolute atomic E-state index is 12.4. The Bertz CT molecular complexity index is 518. The molecule has 0 saturated heterocycles. The number of aromatic nitrogens is 1. The van der Waals surface area contributed by atoms with Crippen LogP contribution in [0.1, 0.15) is 5.56 Å². The van der Waals surface area contributed by atoms with E-state index in [1.807, 2.05) is 0 Å². The predicted molar refractivity (Wildman–Crippen MR) is 59.1 cm³/mol. The summed E-state index contributed by atoms with van der Waals surface area (Å²) in [6.45, 7) is 0. The topological polar surface area (TPSA) is 38.9 Å². The maximum atomic E-state index is 12.4. The van der Waals surface area contributed by atoms with E-state index >= 15 is 0 Å². The lowest BCUT2D eigenvalue weighted by molar-refractivity contribution is -0.137. The number of hydrogen-bond donors (Lipinski definition) is 1. The summed E-state index contributed by atoms with van der Waals surface area (Å²) in [7, 11) is 0.